The fraction of sp³-hybridized carbons (Fsp3) is 0.143. The molecule has 0 radical (unpaired) electrons. The Balaban J connectivity index is 1.56. The van der Waals surface area contributed by atoms with E-state index in [9.17, 15) is 19.7 Å². The highest BCUT2D eigenvalue weighted by Gasteiger charge is 2.07. The third-order valence-corrected chi connectivity index (χ3v) is 4.92. The molecule has 0 aliphatic carbocycles. The lowest BCUT2D eigenvalue weighted by molar-refractivity contribution is -0.384. The number of allylic oxidation sites excluding steroid dienone is 1. The minimum atomic E-state index is -0.531. The maximum Gasteiger partial charge on any atom is 0.336 e. The predicted octanol–water partition coefficient (Wildman–Crippen LogP) is 6.29. The van der Waals surface area contributed by atoms with Gasteiger partial charge in [-0.25, -0.2) is 4.79 Å². The summed E-state index contributed by atoms with van der Waals surface area (Å²) in [5.74, 6) is 0.294. The van der Waals surface area contributed by atoms with Crippen LogP contribution in [0.4, 0.5) is 5.69 Å². The first-order valence-electron chi connectivity index (χ1n) is 11.1. The van der Waals surface area contributed by atoms with Crippen LogP contribution >= 0.6 is 0 Å². The summed E-state index contributed by atoms with van der Waals surface area (Å²) in [5, 5.41) is 10.7. The fourth-order valence-corrected chi connectivity index (χ4v) is 3.02. The number of hydrogen-bond donors (Lipinski definition) is 0. The number of carbonyl (C=O) groups excluding carboxylic acids is 2. The van der Waals surface area contributed by atoms with Crippen molar-refractivity contribution in [2.45, 2.75) is 19.8 Å². The number of rotatable bonds is 11. The fourth-order valence-electron chi connectivity index (χ4n) is 3.02. The van der Waals surface area contributed by atoms with E-state index in [1.807, 2.05) is 24.3 Å². The van der Waals surface area contributed by atoms with E-state index in [0.29, 0.717) is 23.5 Å². The van der Waals surface area contributed by atoms with E-state index >= 15 is 0 Å². The monoisotopic (exact) mass is 471 g/mol. The van der Waals surface area contributed by atoms with Gasteiger partial charge in [-0.05, 0) is 66.1 Å². The van der Waals surface area contributed by atoms with Crippen LogP contribution in [-0.2, 0) is 4.79 Å². The van der Waals surface area contributed by atoms with Crippen LogP contribution < -0.4 is 9.47 Å². The Labute approximate surface area is 203 Å². The molecule has 0 aliphatic heterocycles. The highest BCUT2D eigenvalue weighted by atomic mass is 16.6. The molecule has 0 unspecified atom stereocenters. The molecule has 0 heterocycles. The number of hydrogen-bond acceptors (Lipinski definition) is 6. The first-order valence-corrected chi connectivity index (χ1v) is 11.1. The molecule has 3 rings (SSSR count). The van der Waals surface area contributed by atoms with E-state index in [2.05, 4.69) is 6.92 Å². The van der Waals surface area contributed by atoms with Gasteiger partial charge in [-0.3, -0.25) is 14.9 Å². The third kappa shape index (κ3) is 8.08. The third-order valence-electron chi connectivity index (χ3n) is 4.92. The van der Waals surface area contributed by atoms with Crippen molar-refractivity contribution < 1.29 is 24.0 Å². The molecule has 35 heavy (non-hydrogen) atoms. The normalized spacial score (nSPS) is 11.0. The van der Waals surface area contributed by atoms with Gasteiger partial charge < -0.3 is 9.47 Å². The zero-order chi connectivity index (χ0) is 25.0. The molecule has 0 saturated carbocycles. The smallest absolute Gasteiger partial charge is 0.336 e. The quantitative estimate of drug-likeness (QED) is 0.0620. The van der Waals surface area contributed by atoms with Gasteiger partial charge >= 0.3 is 5.97 Å². The zero-order valence-electron chi connectivity index (χ0n) is 19.3. The van der Waals surface area contributed by atoms with Crippen molar-refractivity contribution in [3.05, 3.63) is 112 Å². The number of ether oxygens (including phenoxy) is 2. The number of esters is 1. The Bertz CT molecular complexity index is 1230. The van der Waals surface area contributed by atoms with E-state index in [1.165, 1.54) is 36.4 Å². The molecule has 3 aromatic carbocycles. The van der Waals surface area contributed by atoms with E-state index in [1.54, 1.807) is 36.4 Å². The molecular formula is C28H25NO6. The Kier molecular flexibility index (Phi) is 9.07. The summed E-state index contributed by atoms with van der Waals surface area (Å²) in [6.45, 7) is 2.78. The predicted molar refractivity (Wildman–Crippen MR) is 134 cm³/mol. The molecule has 0 aliphatic rings. The second-order valence-corrected chi connectivity index (χ2v) is 7.60. The van der Waals surface area contributed by atoms with Crippen LogP contribution in [0, 0.1) is 10.1 Å². The molecule has 3 aromatic rings. The number of non-ortho nitro benzene ring substituents is 1. The molecule has 7 nitrogen and oxygen atoms in total. The first kappa shape index (κ1) is 25.1. The molecule has 7 heteroatoms. The van der Waals surface area contributed by atoms with Crippen molar-refractivity contribution >= 4 is 29.6 Å². The largest absolute Gasteiger partial charge is 0.494 e. The van der Waals surface area contributed by atoms with Gasteiger partial charge in [-0.15, -0.1) is 0 Å². The average molecular weight is 472 g/mol. The van der Waals surface area contributed by atoms with Crippen molar-refractivity contribution in [2.24, 2.45) is 0 Å². The van der Waals surface area contributed by atoms with E-state index in [-0.39, 0.29) is 11.5 Å². The van der Waals surface area contributed by atoms with Gasteiger partial charge in [0.25, 0.3) is 5.69 Å². The van der Waals surface area contributed by atoms with Gasteiger partial charge in [-0.1, -0.05) is 43.7 Å². The molecular weight excluding hydrogens is 446 g/mol. The van der Waals surface area contributed by atoms with E-state index in [0.717, 1.165) is 24.2 Å². The molecule has 0 fully saturated rings. The van der Waals surface area contributed by atoms with Crippen LogP contribution in [0.2, 0.25) is 0 Å². The van der Waals surface area contributed by atoms with Crippen molar-refractivity contribution in [1.29, 1.82) is 0 Å². The molecule has 0 spiro atoms. The summed E-state index contributed by atoms with van der Waals surface area (Å²) < 4.78 is 11.0. The van der Waals surface area contributed by atoms with Crippen LogP contribution in [-0.4, -0.2) is 23.3 Å². The molecule has 0 N–H and O–H groups in total. The van der Waals surface area contributed by atoms with E-state index in [4.69, 9.17) is 9.47 Å². The molecule has 0 atom stereocenters. The summed E-state index contributed by atoms with van der Waals surface area (Å²) in [7, 11) is 0. The molecule has 0 bridgehead atoms. The van der Waals surface area contributed by atoms with Crippen molar-refractivity contribution in [3.63, 3.8) is 0 Å². The minimum absolute atomic E-state index is 0.0810. The topological polar surface area (TPSA) is 95.7 Å². The first-order chi connectivity index (χ1) is 16.9. The van der Waals surface area contributed by atoms with Crippen LogP contribution in [0.3, 0.4) is 0 Å². The summed E-state index contributed by atoms with van der Waals surface area (Å²) in [4.78, 5) is 34.7. The Morgan fingerprint density at radius 2 is 1.60 bits per heavy atom. The summed E-state index contributed by atoms with van der Waals surface area (Å²) >= 11 is 0. The number of unbranched alkanes of at least 4 members (excludes halogenated alkanes) is 1. The Morgan fingerprint density at radius 3 is 2.29 bits per heavy atom. The van der Waals surface area contributed by atoms with Crippen molar-refractivity contribution in [1.82, 2.24) is 0 Å². The number of nitro groups is 1. The molecule has 0 aromatic heterocycles. The lowest BCUT2D eigenvalue weighted by Crippen LogP contribution is -2.03. The van der Waals surface area contributed by atoms with Crippen LogP contribution in [0.25, 0.3) is 12.2 Å². The van der Waals surface area contributed by atoms with Crippen LogP contribution in [0.5, 0.6) is 11.5 Å². The Morgan fingerprint density at radius 1 is 0.886 bits per heavy atom. The lowest BCUT2D eigenvalue weighted by Gasteiger charge is -2.05. The van der Waals surface area contributed by atoms with Crippen molar-refractivity contribution in [3.8, 4) is 11.5 Å². The maximum atomic E-state index is 12.3. The second-order valence-electron chi connectivity index (χ2n) is 7.60. The van der Waals surface area contributed by atoms with Gasteiger partial charge in [0.15, 0.2) is 5.78 Å². The molecule has 0 saturated heterocycles. The minimum Gasteiger partial charge on any atom is -0.494 e. The average Bonchev–Trinajstić information content (AvgIpc) is 2.87. The maximum absolute atomic E-state index is 12.3. The summed E-state index contributed by atoms with van der Waals surface area (Å²) in [6.07, 6.45) is 8.01. The van der Waals surface area contributed by atoms with Crippen molar-refractivity contribution in [2.75, 3.05) is 6.61 Å². The second kappa shape index (κ2) is 12.6. The van der Waals surface area contributed by atoms with Gasteiger partial charge in [-0.2, -0.15) is 0 Å². The number of nitro benzene ring substituents is 1. The van der Waals surface area contributed by atoms with Gasteiger partial charge in [0.1, 0.15) is 11.5 Å². The summed E-state index contributed by atoms with van der Waals surface area (Å²) in [6, 6.07) is 19.5. The van der Waals surface area contributed by atoms with E-state index < -0.39 is 10.9 Å². The number of ketones is 1. The highest BCUT2D eigenvalue weighted by Crippen LogP contribution is 2.17. The molecule has 0 amide bonds. The Hall–Kier alpha value is -4.52. The lowest BCUT2D eigenvalue weighted by atomic mass is 10.1. The summed E-state index contributed by atoms with van der Waals surface area (Å²) in [5.41, 5.74) is 1.75. The number of benzene rings is 3. The molecule has 178 valence electrons. The van der Waals surface area contributed by atoms with Gasteiger partial charge in [0.05, 0.1) is 11.5 Å². The standard InChI is InChI=1S/C28H25NO6/c1-2-3-19-34-25-15-7-21(8-16-25)10-18-28(31)35-26-6-4-5-22(20-26)9-17-27(30)23-11-13-24(14-12-23)29(32)33/h4-18,20H,2-3,19H2,1H3/b17-9+,18-10+. The SMILES string of the molecule is CCCCOc1ccc(/C=C/C(=O)Oc2cccc(/C=C/C(=O)c3ccc([N+](=O)[O-])cc3)c2)cc1. The van der Waals surface area contributed by atoms with Crippen LogP contribution in [0.1, 0.15) is 41.3 Å². The number of carbonyl (C=O) groups is 2. The van der Waals surface area contributed by atoms with Gasteiger partial charge in [0.2, 0.25) is 0 Å². The number of nitrogens with zero attached hydrogens (tertiary/aromatic N) is 1. The highest BCUT2D eigenvalue weighted by molar-refractivity contribution is 6.06. The van der Waals surface area contributed by atoms with Gasteiger partial charge in [0, 0.05) is 23.8 Å². The zero-order valence-corrected chi connectivity index (χ0v) is 19.3. The van der Waals surface area contributed by atoms with Crippen LogP contribution in [0.15, 0.2) is 84.9 Å².